The van der Waals surface area contributed by atoms with Crippen molar-refractivity contribution in [3.8, 4) is 11.5 Å². The topological polar surface area (TPSA) is 87.0 Å². The molecule has 0 radical (unpaired) electrons. The standard InChI is InChI=1S/C29H29ClF2N4O4/c1-16-25(28(37)35-12-11-17(15-35)20-9-8-19(31)13-21(20)32)29(38)36(26-23(39-2)5-4-6-24(26)40-3)27(34-16)22-10-7-18(30)14-33-22/h4-9,13-14,17,22,25,29,38H,1,10-12,15H2,2-3H3. The highest BCUT2D eigenvalue weighted by atomic mass is 35.5. The van der Waals surface area contributed by atoms with E-state index in [4.69, 9.17) is 26.1 Å². The van der Waals surface area contributed by atoms with Gasteiger partial charge in [0.15, 0.2) is 0 Å². The minimum absolute atomic E-state index is 0.171. The van der Waals surface area contributed by atoms with Crippen molar-refractivity contribution in [3.05, 3.63) is 77.0 Å². The Labute approximate surface area is 235 Å². The molecule has 4 atom stereocenters. The van der Waals surface area contributed by atoms with Crippen molar-refractivity contribution in [2.24, 2.45) is 15.9 Å². The largest absolute Gasteiger partial charge is 0.494 e. The van der Waals surface area contributed by atoms with Gasteiger partial charge >= 0.3 is 0 Å². The van der Waals surface area contributed by atoms with Crippen LogP contribution in [0.1, 0.15) is 24.3 Å². The van der Waals surface area contributed by atoms with Gasteiger partial charge in [0.25, 0.3) is 0 Å². The van der Waals surface area contributed by atoms with Gasteiger partial charge in [0, 0.05) is 31.3 Å². The zero-order chi connectivity index (χ0) is 28.6. The van der Waals surface area contributed by atoms with Crippen molar-refractivity contribution in [2.45, 2.75) is 31.0 Å². The summed E-state index contributed by atoms with van der Waals surface area (Å²) in [6.07, 6.45) is 2.78. The van der Waals surface area contributed by atoms with E-state index in [1.54, 1.807) is 29.2 Å². The molecule has 0 aromatic heterocycles. The number of hydrogen-bond donors (Lipinski definition) is 1. The Kier molecular flexibility index (Phi) is 7.91. The lowest BCUT2D eigenvalue weighted by Crippen LogP contribution is -2.56. The van der Waals surface area contributed by atoms with E-state index in [-0.39, 0.29) is 18.2 Å². The summed E-state index contributed by atoms with van der Waals surface area (Å²) in [5.74, 6) is -2.01. The molecule has 3 aliphatic heterocycles. The molecule has 40 heavy (non-hydrogen) atoms. The number of methoxy groups -OCH3 is 2. The summed E-state index contributed by atoms with van der Waals surface area (Å²) < 4.78 is 39.1. The van der Waals surface area contributed by atoms with Gasteiger partial charge in [-0.2, -0.15) is 0 Å². The molecule has 0 aliphatic carbocycles. The van der Waals surface area contributed by atoms with E-state index in [1.165, 1.54) is 37.5 Å². The predicted molar refractivity (Wildman–Crippen MR) is 149 cm³/mol. The van der Waals surface area contributed by atoms with Crippen LogP contribution in [0, 0.1) is 17.6 Å². The fraction of sp³-hybridized carbons (Fsp3) is 0.345. The van der Waals surface area contributed by atoms with Crippen LogP contribution < -0.4 is 14.4 Å². The Morgan fingerprint density at radius 3 is 2.52 bits per heavy atom. The van der Waals surface area contributed by atoms with Gasteiger partial charge in [-0.05, 0) is 36.6 Å². The Morgan fingerprint density at radius 2 is 1.90 bits per heavy atom. The molecule has 1 saturated heterocycles. The number of amides is 1. The van der Waals surface area contributed by atoms with E-state index in [0.717, 1.165) is 6.07 Å². The number of likely N-dealkylation sites (tertiary alicyclic amines) is 1. The van der Waals surface area contributed by atoms with Gasteiger partial charge in [0.05, 0.1) is 24.9 Å². The lowest BCUT2D eigenvalue weighted by Gasteiger charge is -2.42. The van der Waals surface area contributed by atoms with E-state index in [0.29, 0.717) is 53.0 Å². The fourth-order valence-electron chi connectivity index (χ4n) is 5.46. The minimum Gasteiger partial charge on any atom is -0.494 e. The summed E-state index contributed by atoms with van der Waals surface area (Å²) in [6, 6.07) is 8.12. The van der Waals surface area contributed by atoms with Crippen molar-refractivity contribution in [1.29, 1.82) is 0 Å². The highest BCUT2D eigenvalue weighted by Crippen LogP contribution is 2.43. The molecule has 3 heterocycles. The number of halogens is 3. The number of hydrogen-bond acceptors (Lipinski definition) is 7. The van der Waals surface area contributed by atoms with Crippen LogP contribution in [0.3, 0.4) is 0 Å². The van der Waals surface area contributed by atoms with Crippen LogP contribution in [-0.4, -0.2) is 67.5 Å². The van der Waals surface area contributed by atoms with Crippen LogP contribution in [0.15, 0.2) is 69.8 Å². The first-order valence-corrected chi connectivity index (χ1v) is 13.2. The summed E-state index contributed by atoms with van der Waals surface area (Å²) in [5, 5.41) is 12.4. The van der Waals surface area contributed by atoms with Crippen LogP contribution in [0.4, 0.5) is 14.5 Å². The first kappa shape index (κ1) is 27.8. The number of carbonyl (C=O) groups excluding carboxylic acids is 1. The predicted octanol–water partition coefficient (Wildman–Crippen LogP) is 4.63. The van der Waals surface area contributed by atoms with Gasteiger partial charge < -0.3 is 19.5 Å². The fourth-order valence-corrected chi connectivity index (χ4v) is 5.61. The SMILES string of the molecule is C=C1N=C(C2CC=C(Cl)C=N2)N(c2c(OC)cccc2OC)C(O)C1C(=O)N1CCC(c2ccc(F)cc2F)C1. The van der Waals surface area contributed by atoms with E-state index in [9.17, 15) is 18.7 Å². The van der Waals surface area contributed by atoms with Crippen LogP contribution in [-0.2, 0) is 4.79 Å². The van der Waals surface area contributed by atoms with Crippen LogP contribution in [0.2, 0.25) is 0 Å². The molecule has 1 fully saturated rings. The number of anilines is 1. The second-order valence-corrected chi connectivity index (χ2v) is 10.2. The summed E-state index contributed by atoms with van der Waals surface area (Å²) in [5.41, 5.74) is 0.903. The van der Waals surface area contributed by atoms with Gasteiger partial charge in [-0.25, -0.2) is 13.8 Å². The zero-order valence-electron chi connectivity index (χ0n) is 22.1. The number of rotatable bonds is 6. The van der Waals surface area contributed by atoms with E-state index >= 15 is 0 Å². The zero-order valence-corrected chi connectivity index (χ0v) is 22.8. The Balaban J connectivity index is 1.50. The Hall–Kier alpha value is -3.76. The van der Waals surface area contributed by atoms with Gasteiger partial charge in [-0.3, -0.25) is 14.7 Å². The van der Waals surface area contributed by atoms with Crippen molar-refractivity contribution in [2.75, 3.05) is 32.2 Å². The number of benzene rings is 2. The second-order valence-electron chi connectivity index (χ2n) is 9.79. The average molecular weight is 571 g/mol. The number of nitrogens with zero attached hydrogens (tertiary/aromatic N) is 4. The second kappa shape index (κ2) is 11.4. The highest BCUT2D eigenvalue weighted by Gasteiger charge is 2.46. The molecular weight excluding hydrogens is 542 g/mol. The summed E-state index contributed by atoms with van der Waals surface area (Å²) in [6.45, 7) is 4.58. The number of allylic oxidation sites excluding steroid dienone is 1. The minimum atomic E-state index is -1.43. The van der Waals surface area contributed by atoms with Crippen molar-refractivity contribution >= 4 is 35.2 Å². The molecule has 0 spiro atoms. The average Bonchev–Trinajstić information content (AvgIpc) is 3.43. The monoisotopic (exact) mass is 570 g/mol. The number of aliphatic imine (C=N–C) groups is 2. The first-order chi connectivity index (χ1) is 19.2. The van der Waals surface area contributed by atoms with Crippen LogP contribution in [0.25, 0.3) is 0 Å². The number of dihydropyridines is 1. The molecule has 2 aromatic rings. The van der Waals surface area contributed by atoms with Gasteiger partial charge in [-0.1, -0.05) is 36.4 Å². The molecule has 11 heteroatoms. The molecule has 4 unspecified atom stereocenters. The molecule has 3 aliphatic rings. The Bertz CT molecular complexity index is 1410. The lowest BCUT2D eigenvalue weighted by molar-refractivity contribution is -0.136. The van der Waals surface area contributed by atoms with Crippen molar-refractivity contribution < 1.29 is 28.2 Å². The third-order valence-electron chi connectivity index (χ3n) is 7.45. The number of aliphatic hydroxyl groups excluding tert-OH is 1. The molecule has 0 saturated carbocycles. The molecule has 2 aromatic carbocycles. The molecule has 1 N–H and O–H groups in total. The highest BCUT2D eigenvalue weighted by molar-refractivity contribution is 6.39. The van der Waals surface area contributed by atoms with Gasteiger partial charge in [0.1, 0.15) is 52.8 Å². The van der Waals surface area contributed by atoms with Crippen molar-refractivity contribution in [1.82, 2.24) is 4.90 Å². The van der Waals surface area contributed by atoms with E-state index < -0.39 is 35.7 Å². The van der Waals surface area contributed by atoms with E-state index in [2.05, 4.69) is 11.6 Å². The van der Waals surface area contributed by atoms with Crippen LogP contribution >= 0.6 is 11.6 Å². The number of amidine groups is 1. The quantitative estimate of drug-likeness (QED) is 0.547. The van der Waals surface area contributed by atoms with Gasteiger partial charge in [0.2, 0.25) is 5.91 Å². The Morgan fingerprint density at radius 1 is 1.18 bits per heavy atom. The molecule has 8 nitrogen and oxygen atoms in total. The first-order valence-electron chi connectivity index (χ1n) is 12.8. The lowest BCUT2D eigenvalue weighted by atomic mass is 9.95. The maximum Gasteiger partial charge on any atom is 0.236 e. The van der Waals surface area contributed by atoms with Crippen molar-refractivity contribution in [3.63, 3.8) is 0 Å². The van der Waals surface area contributed by atoms with Gasteiger partial charge in [-0.15, -0.1) is 0 Å². The molecule has 1 amide bonds. The third-order valence-corrected chi connectivity index (χ3v) is 7.70. The summed E-state index contributed by atoms with van der Waals surface area (Å²) >= 11 is 6.10. The maximum atomic E-state index is 14.5. The molecule has 210 valence electrons. The maximum absolute atomic E-state index is 14.5. The molecule has 0 bridgehead atoms. The number of para-hydroxylation sites is 1. The number of aliphatic hydroxyl groups is 1. The number of ether oxygens (including phenoxy) is 2. The number of carbonyl (C=O) groups is 1. The van der Waals surface area contributed by atoms with E-state index in [1.807, 2.05) is 0 Å². The molecular formula is C29H29ClF2N4O4. The smallest absolute Gasteiger partial charge is 0.236 e. The molecule has 5 rings (SSSR count). The third kappa shape index (κ3) is 5.09. The summed E-state index contributed by atoms with van der Waals surface area (Å²) in [7, 11) is 2.99. The van der Waals surface area contributed by atoms with Crippen LogP contribution in [0.5, 0.6) is 11.5 Å². The normalized spacial score (nSPS) is 24.6. The summed E-state index contributed by atoms with van der Waals surface area (Å²) in [4.78, 5) is 26.2.